The number of hydrogen-bond donors (Lipinski definition) is 0. The Morgan fingerprint density at radius 2 is 2.20 bits per heavy atom. The standard InChI is InChI=1S/C12H12FNO/c1-14-3-2-8-7-15-11-5-10(13)4-9(6-14)12(8)11/h4-5,7H,2-3,6H2,1H3. The summed E-state index contributed by atoms with van der Waals surface area (Å²) in [6, 6.07) is 3.08. The van der Waals surface area contributed by atoms with Crippen LogP contribution in [0.25, 0.3) is 11.0 Å². The Balaban J connectivity index is 2.32. The highest BCUT2D eigenvalue weighted by molar-refractivity contribution is 5.85. The molecular weight excluding hydrogens is 193 g/mol. The van der Waals surface area contributed by atoms with Crippen LogP contribution < -0.4 is 0 Å². The molecule has 0 amide bonds. The van der Waals surface area contributed by atoms with E-state index in [2.05, 4.69) is 11.9 Å². The number of benzene rings is 1. The predicted molar refractivity (Wildman–Crippen MR) is 56.2 cm³/mol. The molecule has 0 saturated heterocycles. The van der Waals surface area contributed by atoms with Crippen molar-refractivity contribution < 1.29 is 8.81 Å². The van der Waals surface area contributed by atoms with Crippen LogP contribution in [0.5, 0.6) is 0 Å². The van der Waals surface area contributed by atoms with Crippen LogP contribution in [0.15, 0.2) is 22.8 Å². The lowest BCUT2D eigenvalue weighted by molar-refractivity contribution is 0.335. The van der Waals surface area contributed by atoms with Gasteiger partial charge in [-0.1, -0.05) is 0 Å². The average molecular weight is 205 g/mol. The van der Waals surface area contributed by atoms with Gasteiger partial charge in [0, 0.05) is 24.5 Å². The second-order valence-corrected chi connectivity index (χ2v) is 4.19. The minimum Gasteiger partial charge on any atom is -0.464 e. The Kier molecular flexibility index (Phi) is 1.83. The van der Waals surface area contributed by atoms with E-state index in [4.69, 9.17) is 4.42 Å². The molecule has 1 aliphatic rings. The lowest BCUT2D eigenvalue weighted by Crippen LogP contribution is -2.18. The van der Waals surface area contributed by atoms with E-state index in [1.54, 1.807) is 12.3 Å². The molecule has 0 atom stereocenters. The molecule has 0 aliphatic carbocycles. The first-order valence-corrected chi connectivity index (χ1v) is 5.11. The molecule has 0 N–H and O–H groups in total. The smallest absolute Gasteiger partial charge is 0.137 e. The third-order valence-electron chi connectivity index (χ3n) is 3.00. The van der Waals surface area contributed by atoms with Gasteiger partial charge in [-0.15, -0.1) is 0 Å². The van der Waals surface area contributed by atoms with E-state index in [0.29, 0.717) is 5.58 Å². The lowest BCUT2D eigenvalue weighted by Gasteiger charge is -2.13. The summed E-state index contributed by atoms with van der Waals surface area (Å²) in [5.41, 5.74) is 2.91. The van der Waals surface area contributed by atoms with Gasteiger partial charge in [0.05, 0.1) is 6.26 Å². The third kappa shape index (κ3) is 1.35. The van der Waals surface area contributed by atoms with Crippen LogP contribution in [0.4, 0.5) is 4.39 Å². The summed E-state index contributed by atoms with van der Waals surface area (Å²) in [6.07, 6.45) is 2.73. The maximum absolute atomic E-state index is 13.3. The molecule has 3 heteroatoms. The second-order valence-electron chi connectivity index (χ2n) is 4.19. The molecule has 78 valence electrons. The SMILES string of the molecule is CN1CCc2coc3cc(F)cc(c23)C1. The van der Waals surface area contributed by atoms with Crippen LogP contribution >= 0.6 is 0 Å². The number of nitrogens with zero attached hydrogens (tertiary/aromatic N) is 1. The van der Waals surface area contributed by atoms with Gasteiger partial charge in [0.25, 0.3) is 0 Å². The highest BCUT2D eigenvalue weighted by atomic mass is 19.1. The predicted octanol–water partition coefficient (Wildman–Crippen LogP) is 2.56. The van der Waals surface area contributed by atoms with Crippen molar-refractivity contribution in [3.63, 3.8) is 0 Å². The summed E-state index contributed by atoms with van der Waals surface area (Å²) in [6.45, 7) is 1.78. The van der Waals surface area contributed by atoms with Gasteiger partial charge in [-0.3, -0.25) is 0 Å². The fourth-order valence-electron chi connectivity index (χ4n) is 2.28. The summed E-state index contributed by atoms with van der Waals surface area (Å²) in [4.78, 5) is 2.20. The van der Waals surface area contributed by atoms with Gasteiger partial charge < -0.3 is 9.32 Å². The summed E-state index contributed by atoms with van der Waals surface area (Å²) < 4.78 is 18.7. The molecule has 0 bridgehead atoms. The van der Waals surface area contributed by atoms with E-state index in [1.807, 2.05) is 0 Å². The molecule has 1 aromatic carbocycles. The molecule has 1 aromatic heterocycles. The summed E-state index contributed by atoms with van der Waals surface area (Å²) in [7, 11) is 2.06. The zero-order valence-electron chi connectivity index (χ0n) is 8.59. The van der Waals surface area contributed by atoms with Crippen LogP contribution in [-0.2, 0) is 13.0 Å². The normalized spacial score (nSPS) is 16.9. The van der Waals surface area contributed by atoms with E-state index in [1.165, 1.54) is 11.6 Å². The average Bonchev–Trinajstić information content (AvgIpc) is 2.50. The lowest BCUT2D eigenvalue weighted by atomic mass is 10.1. The number of furan rings is 1. The first-order chi connectivity index (χ1) is 7.24. The van der Waals surface area contributed by atoms with E-state index in [-0.39, 0.29) is 5.82 Å². The van der Waals surface area contributed by atoms with E-state index >= 15 is 0 Å². The van der Waals surface area contributed by atoms with Gasteiger partial charge in [0.2, 0.25) is 0 Å². The van der Waals surface area contributed by atoms with E-state index in [9.17, 15) is 4.39 Å². The number of likely N-dealkylation sites (N-methyl/N-ethyl adjacent to an activating group) is 1. The molecule has 0 spiro atoms. The van der Waals surface area contributed by atoms with Crippen LogP contribution in [0.2, 0.25) is 0 Å². The van der Waals surface area contributed by atoms with Gasteiger partial charge in [-0.05, 0) is 30.7 Å². The fourth-order valence-corrected chi connectivity index (χ4v) is 2.28. The Labute approximate surface area is 87.3 Å². The van der Waals surface area contributed by atoms with Gasteiger partial charge in [-0.2, -0.15) is 0 Å². The van der Waals surface area contributed by atoms with Crippen molar-refractivity contribution >= 4 is 11.0 Å². The van der Waals surface area contributed by atoms with Gasteiger partial charge >= 0.3 is 0 Å². The number of rotatable bonds is 0. The Bertz CT molecular complexity index is 518. The fraction of sp³-hybridized carbons (Fsp3) is 0.333. The molecule has 0 unspecified atom stereocenters. The van der Waals surface area contributed by atoms with Crippen molar-refractivity contribution in [2.45, 2.75) is 13.0 Å². The topological polar surface area (TPSA) is 16.4 Å². The highest BCUT2D eigenvalue weighted by Gasteiger charge is 2.17. The van der Waals surface area contributed by atoms with Crippen molar-refractivity contribution in [1.29, 1.82) is 0 Å². The molecule has 15 heavy (non-hydrogen) atoms. The molecular formula is C12H12FNO. The summed E-state index contributed by atoms with van der Waals surface area (Å²) in [5.74, 6) is -0.214. The van der Waals surface area contributed by atoms with Crippen molar-refractivity contribution in [2.24, 2.45) is 0 Å². The maximum atomic E-state index is 13.3. The first kappa shape index (κ1) is 8.92. The molecule has 0 saturated carbocycles. The zero-order chi connectivity index (χ0) is 10.4. The molecule has 2 nitrogen and oxygen atoms in total. The quantitative estimate of drug-likeness (QED) is 0.657. The van der Waals surface area contributed by atoms with Crippen molar-refractivity contribution in [3.05, 3.63) is 35.3 Å². The van der Waals surface area contributed by atoms with Gasteiger partial charge in [-0.25, -0.2) is 4.39 Å². The summed E-state index contributed by atoms with van der Waals surface area (Å²) >= 11 is 0. The monoisotopic (exact) mass is 205 g/mol. The van der Waals surface area contributed by atoms with Crippen molar-refractivity contribution in [3.8, 4) is 0 Å². The largest absolute Gasteiger partial charge is 0.464 e. The molecule has 1 aliphatic heterocycles. The molecule has 2 heterocycles. The Morgan fingerprint density at radius 1 is 1.33 bits per heavy atom. The zero-order valence-corrected chi connectivity index (χ0v) is 8.59. The van der Waals surface area contributed by atoms with Crippen molar-refractivity contribution in [1.82, 2.24) is 4.90 Å². The number of halogens is 1. The van der Waals surface area contributed by atoms with Crippen LogP contribution in [0.3, 0.4) is 0 Å². The summed E-state index contributed by atoms with van der Waals surface area (Å²) in [5, 5.41) is 1.11. The Hall–Kier alpha value is -1.35. The number of hydrogen-bond acceptors (Lipinski definition) is 2. The van der Waals surface area contributed by atoms with Crippen LogP contribution in [0.1, 0.15) is 11.1 Å². The van der Waals surface area contributed by atoms with Crippen LogP contribution in [-0.4, -0.2) is 18.5 Å². The van der Waals surface area contributed by atoms with E-state index < -0.39 is 0 Å². The Morgan fingerprint density at radius 3 is 3.07 bits per heavy atom. The van der Waals surface area contributed by atoms with E-state index in [0.717, 1.165) is 30.5 Å². The second kappa shape index (κ2) is 3.07. The van der Waals surface area contributed by atoms with Crippen LogP contribution in [0, 0.1) is 5.82 Å². The van der Waals surface area contributed by atoms with Gasteiger partial charge in [0.1, 0.15) is 11.4 Å². The minimum atomic E-state index is -0.214. The highest BCUT2D eigenvalue weighted by Crippen LogP contribution is 2.29. The van der Waals surface area contributed by atoms with Gasteiger partial charge in [0.15, 0.2) is 0 Å². The third-order valence-corrected chi connectivity index (χ3v) is 3.00. The minimum absolute atomic E-state index is 0.214. The molecule has 0 radical (unpaired) electrons. The maximum Gasteiger partial charge on any atom is 0.137 e. The molecule has 2 aromatic rings. The van der Waals surface area contributed by atoms with Crippen molar-refractivity contribution in [2.75, 3.05) is 13.6 Å². The molecule has 0 fully saturated rings. The first-order valence-electron chi connectivity index (χ1n) is 5.11. The molecule has 3 rings (SSSR count).